The van der Waals surface area contributed by atoms with E-state index in [9.17, 15) is 24.0 Å². The van der Waals surface area contributed by atoms with Crippen LogP contribution in [0.1, 0.15) is 46.4 Å². The van der Waals surface area contributed by atoms with E-state index in [0.717, 1.165) is 36.9 Å². The molecule has 4 aliphatic heterocycles. The summed E-state index contributed by atoms with van der Waals surface area (Å²) in [5.74, 6) is -3.05. The molecule has 0 aliphatic carbocycles. The molecule has 180 valence electrons. The second-order valence-corrected chi connectivity index (χ2v) is 9.13. The topological polar surface area (TPSA) is 119 Å². The van der Waals surface area contributed by atoms with E-state index in [1.54, 1.807) is 4.90 Å². The van der Waals surface area contributed by atoms with Crippen LogP contribution in [0.3, 0.4) is 0 Å². The molecular weight excluding hydrogens is 445 g/mol. The minimum absolute atomic E-state index is 0.0176. The predicted octanol–water partition coefficient (Wildman–Crippen LogP) is -0.125. The molecule has 3 saturated heterocycles. The Labute approximate surface area is 195 Å². The van der Waals surface area contributed by atoms with Gasteiger partial charge in [0, 0.05) is 38.5 Å². The van der Waals surface area contributed by atoms with E-state index in [0.29, 0.717) is 26.2 Å². The average Bonchev–Trinajstić information content (AvgIpc) is 3.08. The number of anilines is 1. The zero-order valence-electron chi connectivity index (χ0n) is 18.6. The van der Waals surface area contributed by atoms with E-state index in [1.165, 1.54) is 6.07 Å². The number of hydrogen-bond donors (Lipinski definition) is 2. The van der Waals surface area contributed by atoms with Gasteiger partial charge in [-0.2, -0.15) is 0 Å². The van der Waals surface area contributed by atoms with E-state index in [2.05, 4.69) is 10.6 Å². The third-order valence-corrected chi connectivity index (χ3v) is 7.13. The molecule has 0 saturated carbocycles. The number of rotatable bonds is 3. The molecular formula is C23H26FN5O5. The van der Waals surface area contributed by atoms with Crippen molar-refractivity contribution >= 4 is 35.2 Å². The molecule has 3 fully saturated rings. The van der Waals surface area contributed by atoms with Crippen LogP contribution in [0.4, 0.5) is 10.1 Å². The predicted molar refractivity (Wildman–Crippen MR) is 117 cm³/mol. The molecule has 2 N–H and O–H groups in total. The van der Waals surface area contributed by atoms with Crippen LogP contribution in [-0.4, -0.2) is 84.6 Å². The number of imide groups is 2. The van der Waals surface area contributed by atoms with Crippen LogP contribution in [0.15, 0.2) is 12.1 Å². The fourth-order valence-corrected chi connectivity index (χ4v) is 5.22. The molecule has 0 radical (unpaired) electrons. The molecule has 34 heavy (non-hydrogen) atoms. The first-order chi connectivity index (χ1) is 16.3. The largest absolute Gasteiger partial charge is 0.366 e. The number of halogens is 1. The van der Waals surface area contributed by atoms with E-state index in [1.807, 2.05) is 4.90 Å². The first-order valence-electron chi connectivity index (χ1n) is 11.6. The summed E-state index contributed by atoms with van der Waals surface area (Å²) in [6.07, 6.45) is 1.69. The maximum Gasteiger partial charge on any atom is 0.262 e. The van der Waals surface area contributed by atoms with Crippen molar-refractivity contribution in [2.75, 3.05) is 44.2 Å². The maximum atomic E-state index is 15.0. The van der Waals surface area contributed by atoms with Gasteiger partial charge in [0.05, 0.1) is 16.8 Å². The summed E-state index contributed by atoms with van der Waals surface area (Å²) in [5.41, 5.74) is 0.147. The summed E-state index contributed by atoms with van der Waals surface area (Å²) in [6.45, 7) is 3.39. The number of piperazine rings is 1. The van der Waals surface area contributed by atoms with Gasteiger partial charge >= 0.3 is 0 Å². The highest BCUT2D eigenvalue weighted by Crippen LogP contribution is 2.33. The standard InChI is InChI=1S/C23H26FN5O5/c24-16-11-14-15(23(34)29(22(14)33)17-1-2-19(30)26-20(17)31)12-18(16)27-7-9-28(10-8-27)21(32)13-3-5-25-6-4-13/h11-13,17,25H,1-10H2,(H,26,30,31). The second-order valence-electron chi connectivity index (χ2n) is 9.13. The molecule has 4 heterocycles. The molecule has 10 nitrogen and oxygen atoms in total. The van der Waals surface area contributed by atoms with Crippen molar-refractivity contribution < 1.29 is 28.4 Å². The Bertz CT molecular complexity index is 1080. The number of nitrogens with one attached hydrogen (secondary N) is 2. The second kappa shape index (κ2) is 8.79. The van der Waals surface area contributed by atoms with Gasteiger partial charge in [0.1, 0.15) is 11.9 Å². The Morgan fingerprint density at radius 2 is 1.56 bits per heavy atom. The Hall–Kier alpha value is -3.34. The zero-order valence-corrected chi connectivity index (χ0v) is 18.6. The lowest BCUT2D eigenvalue weighted by Crippen LogP contribution is -2.54. The van der Waals surface area contributed by atoms with Crippen molar-refractivity contribution in [1.29, 1.82) is 0 Å². The molecule has 0 aromatic heterocycles. The van der Waals surface area contributed by atoms with E-state index in [4.69, 9.17) is 0 Å². The zero-order chi connectivity index (χ0) is 24.0. The van der Waals surface area contributed by atoms with Crippen LogP contribution in [-0.2, 0) is 14.4 Å². The van der Waals surface area contributed by atoms with Crippen LogP contribution in [0, 0.1) is 11.7 Å². The first kappa shape index (κ1) is 22.5. The number of amides is 5. The lowest BCUT2D eigenvalue weighted by Gasteiger charge is -2.38. The summed E-state index contributed by atoms with van der Waals surface area (Å²) in [7, 11) is 0. The van der Waals surface area contributed by atoms with Gasteiger partial charge in [-0.25, -0.2) is 4.39 Å². The normalized spacial score (nSPS) is 23.9. The van der Waals surface area contributed by atoms with Crippen molar-refractivity contribution in [1.82, 2.24) is 20.4 Å². The minimum Gasteiger partial charge on any atom is -0.366 e. The summed E-state index contributed by atoms with van der Waals surface area (Å²) in [6, 6.07) is 1.31. The highest BCUT2D eigenvalue weighted by atomic mass is 19.1. The monoisotopic (exact) mass is 471 g/mol. The number of carbonyl (C=O) groups excluding carboxylic acids is 5. The third kappa shape index (κ3) is 3.83. The Kier molecular flexibility index (Phi) is 5.80. The summed E-state index contributed by atoms with van der Waals surface area (Å²) in [4.78, 5) is 66.7. The molecule has 1 aromatic carbocycles. The minimum atomic E-state index is -1.10. The van der Waals surface area contributed by atoms with Gasteiger partial charge in [-0.15, -0.1) is 0 Å². The van der Waals surface area contributed by atoms with Gasteiger partial charge in [-0.1, -0.05) is 0 Å². The number of hydrogen-bond acceptors (Lipinski definition) is 7. The van der Waals surface area contributed by atoms with E-state index >= 15 is 4.39 Å². The van der Waals surface area contributed by atoms with Crippen molar-refractivity contribution in [3.8, 4) is 0 Å². The number of piperidine rings is 2. The fourth-order valence-electron chi connectivity index (χ4n) is 5.22. The molecule has 0 bridgehead atoms. The van der Waals surface area contributed by atoms with E-state index < -0.39 is 35.5 Å². The van der Waals surface area contributed by atoms with Crippen molar-refractivity contribution in [3.63, 3.8) is 0 Å². The molecule has 1 atom stereocenters. The number of benzene rings is 1. The van der Waals surface area contributed by atoms with E-state index in [-0.39, 0.29) is 41.5 Å². The smallest absolute Gasteiger partial charge is 0.262 e. The summed E-state index contributed by atoms with van der Waals surface area (Å²) < 4.78 is 15.0. The molecule has 5 amide bonds. The van der Waals surface area contributed by atoms with Gasteiger partial charge < -0.3 is 15.1 Å². The number of carbonyl (C=O) groups is 5. The average molecular weight is 471 g/mol. The van der Waals surface area contributed by atoms with Gasteiger partial charge in [-0.05, 0) is 44.5 Å². The highest BCUT2D eigenvalue weighted by molar-refractivity contribution is 6.23. The molecule has 4 aliphatic rings. The molecule has 1 unspecified atom stereocenters. The maximum absolute atomic E-state index is 15.0. The third-order valence-electron chi connectivity index (χ3n) is 7.13. The Morgan fingerprint density at radius 1 is 0.912 bits per heavy atom. The van der Waals surface area contributed by atoms with Crippen LogP contribution in [0.2, 0.25) is 0 Å². The summed E-state index contributed by atoms with van der Waals surface area (Å²) in [5, 5.41) is 5.39. The Morgan fingerprint density at radius 3 is 2.21 bits per heavy atom. The van der Waals surface area contributed by atoms with Crippen LogP contribution in [0.25, 0.3) is 0 Å². The SMILES string of the molecule is O=C1CCC(N2C(=O)c3cc(F)c(N4CCN(C(=O)C5CCNCC5)CC4)cc3C2=O)C(=O)N1. The van der Waals surface area contributed by atoms with Gasteiger partial charge in [-0.3, -0.25) is 34.2 Å². The van der Waals surface area contributed by atoms with Crippen LogP contribution < -0.4 is 15.5 Å². The molecule has 1 aromatic rings. The van der Waals surface area contributed by atoms with Crippen molar-refractivity contribution in [2.45, 2.75) is 31.7 Å². The van der Waals surface area contributed by atoms with Crippen LogP contribution in [0.5, 0.6) is 0 Å². The molecule has 11 heteroatoms. The van der Waals surface area contributed by atoms with Gasteiger partial charge in [0.25, 0.3) is 11.8 Å². The fraction of sp³-hybridized carbons (Fsp3) is 0.522. The molecule has 5 rings (SSSR count). The lowest BCUT2D eigenvalue weighted by atomic mass is 9.96. The summed E-state index contributed by atoms with van der Waals surface area (Å²) >= 11 is 0. The Balaban J connectivity index is 1.31. The van der Waals surface area contributed by atoms with Crippen LogP contribution >= 0.6 is 0 Å². The van der Waals surface area contributed by atoms with Gasteiger partial charge in [0.15, 0.2) is 0 Å². The van der Waals surface area contributed by atoms with Gasteiger partial charge in [0.2, 0.25) is 17.7 Å². The van der Waals surface area contributed by atoms with Crippen molar-refractivity contribution in [2.24, 2.45) is 5.92 Å². The number of fused-ring (bicyclic) bond motifs is 1. The lowest BCUT2D eigenvalue weighted by molar-refractivity contribution is -0.137. The first-order valence-corrected chi connectivity index (χ1v) is 11.6. The van der Waals surface area contributed by atoms with Crippen molar-refractivity contribution in [3.05, 3.63) is 29.1 Å². The highest BCUT2D eigenvalue weighted by Gasteiger charge is 2.45. The number of nitrogens with zero attached hydrogens (tertiary/aromatic N) is 3. The quantitative estimate of drug-likeness (QED) is 0.590. The molecule has 0 spiro atoms.